The molecule has 0 aromatic carbocycles. The molecule has 2 amide bonds. The molecule has 0 bridgehead atoms. The van der Waals surface area contributed by atoms with Crippen molar-refractivity contribution in [2.45, 2.75) is 39.3 Å². The van der Waals surface area contributed by atoms with Crippen LogP contribution in [0.15, 0.2) is 0 Å². The number of hydrogen-bond acceptors (Lipinski definition) is 4. The van der Waals surface area contributed by atoms with Gasteiger partial charge in [-0.3, -0.25) is 0 Å². The SMILES string of the molecule is CCOCC(NC(=O)N[C@H](CCO)C(=O)O)C(C)C. The van der Waals surface area contributed by atoms with Crippen LogP contribution in [0.2, 0.25) is 0 Å². The molecule has 0 aliphatic rings. The number of hydrogen-bond donors (Lipinski definition) is 4. The Labute approximate surface area is 113 Å². The molecule has 0 aliphatic heterocycles. The minimum Gasteiger partial charge on any atom is -0.480 e. The normalized spacial score (nSPS) is 13.9. The van der Waals surface area contributed by atoms with Crippen molar-refractivity contribution < 1.29 is 24.5 Å². The van der Waals surface area contributed by atoms with Gasteiger partial charge in [0.05, 0.1) is 12.6 Å². The first-order valence-electron chi connectivity index (χ1n) is 6.40. The van der Waals surface area contributed by atoms with Gasteiger partial charge in [-0.1, -0.05) is 13.8 Å². The Kier molecular flexibility index (Phi) is 8.90. The predicted octanol–water partition coefficient (Wildman–Crippen LogP) is 0.182. The molecule has 4 N–H and O–H groups in total. The largest absolute Gasteiger partial charge is 0.480 e. The van der Waals surface area contributed by atoms with Crippen molar-refractivity contribution in [2.75, 3.05) is 19.8 Å². The number of aliphatic carboxylic acids is 1. The average Bonchev–Trinajstić information content (AvgIpc) is 2.33. The van der Waals surface area contributed by atoms with Crippen molar-refractivity contribution in [3.8, 4) is 0 Å². The van der Waals surface area contributed by atoms with E-state index in [1.165, 1.54) is 0 Å². The van der Waals surface area contributed by atoms with Crippen molar-refractivity contribution in [3.63, 3.8) is 0 Å². The van der Waals surface area contributed by atoms with Gasteiger partial charge in [-0.2, -0.15) is 0 Å². The molecular formula is C12H24N2O5. The van der Waals surface area contributed by atoms with Crippen LogP contribution in [0.5, 0.6) is 0 Å². The lowest BCUT2D eigenvalue weighted by Crippen LogP contribution is -2.51. The Morgan fingerprint density at radius 3 is 2.32 bits per heavy atom. The summed E-state index contributed by atoms with van der Waals surface area (Å²) in [7, 11) is 0. The molecule has 1 unspecified atom stereocenters. The van der Waals surface area contributed by atoms with Gasteiger partial charge in [0, 0.05) is 19.6 Å². The third kappa shape index (κ3) is 7.63. The molecule has 0 spiro atoms. The van der Waals surface area contributed by atoms with Crippen molar-refractivity contribution in [2.24, 2.45) is 5.92 Å². The molecular weight excluding hydrogens is 252 g/mol. The van der Waals surface area contributed by atoms with Crippen molar-refractivity contribution in [1.29, 1.82) is 0 Å². The Hall–Kier alpha value is -1.34. The number of nitrogens with one attached hydrogen (secondary N) is 2. The maximum absolute atomic E-state index is 11.7. The molecule has 0 fully saturated rings. The van der Waals surface area contributed by atoms with E-state index in [1.807, 2.05) is 20.8 Å². The summed E-state index contributed by atoms with van der Waals surface area (Å²) < 4.78 is 5.26. The standard InChI is InChI=1S/C12H24N2O5/c1-4-19-7-10(8(2)3)14-12(18)13-9(5-6-15)11(16)17/h8-10,15H,4-7H2,1-3H3,(H,16,17)(H2,13,14,18)/t9-,10?/m1/s1. The zero-order chi connectivity index (χ0) is 14.8. The van der Waals surface area contributed by atoms with Gasteiger partial charge in [0.1, 0.15) is 6.04 Å². The molecule has 0 saturated heterocycles. The van der Waals surface area contributed by atoms with Gasteiger partial charge in [0.2, 0.25) is 0 Å². The molecule has 0 aliphatic carbocycles. The second-order valence-corrected chi connectivity index (χ2v) is 4.53. The highest BCUT2D eigenvalue weighted by Crippen LogP contribution is 2.02. The van der Waals surface area contributed by atoms with E-state index in [0.717, 1.165) is 0 Å². The lowest BCUT2D eigenvalue weighted by atomic mass is 10.1. The quantitative estimate of drug-likeness (QED) is 0.480. The zero-order valence-electron chi connectivity index (χ0n) is 11.7. The number of amides is 2. The van der Waals surface area contributed by atoms with Gasteiger partial charge >= 0.3 is 12.0 Å². The smallest absolute Gasteiger partial charge is 0.326 e. The van der Waals surface area contributed by atoms with Crippen LogP contribution in [-0.2, 0) is 9.53 Å². The third-order valence-corrected chi connectivity index (χ3v) is 2.64. The Bertz CT molecular complexity index is 283. The summed E-state index contributed by atoms with van der Waals surface area (Å²) in [6, 6.07) is -1.85. The van der Waals surface area contributed by atoms with Crippen LogP contribution in [0.1, 0.15) is 27.2 Å². The Balaban J connectivity index is 4.34. The van der Waals surface area contributed by atoms with Gasteiger partial charge in [-0.05, 0) is 12.8 Å². The number of aliphatic hydroxyl groups is 1. The van der Waals surface area contributed by atoms with E-state index in [2.05, 4.69) is 10.6 Å². The van der Waals surface area contributed by atoms with Crippen LogP contribution in [-0.4, -0.2) is 54.1 Å². The lowest BCUT2D eigenvalue weighted by molar-refractivity contribution is -0.139. The molecule has 7 nitrogen and oxygen atoms in total. The third-order valence-electron chi connectivity index (χ3n) is 2.64. The fraction of sp³-hybridized carbons (Fsp3) is 0.833. The summed E-state index contributed by atoms with van der Waals surface area (Å²) in [5.41, 5.74) is 0. The molecule has 2 atom stereocenters. The first-order chi connectivity index (χ1) is 8.92. The van der Waals surface area contributed by atoms with Crippen molar-refractivity contribution in [3.05, 3.63) is 0 Å². The summed E-state index contributed by atoms with van der Waals surface area (Å²) in [6.45, 7) is 6.36. The van der Waals surface area contributed by atoms with Gasteiger partial charge < -0.3 is 25.6 Å². The van der Waals surface area contributed by atoms with Crippen LogP contribution in [0.4, 0.5) is 4.79 Å². The maximum atomic E-state index is 11.7. The summed E-state index contributed by atoms with van der Waals surface area (Å²) in [5.74, 6) is -1.01. The van der Waals surface area contributed by atoms with E-state index >= 15 is 0 Å². The molecule has 0 aromatic rings. The van der Waals surface area contributed by atoms with Gasteiger partial charge in [-0.15, -0.1) is 0 Å². The fourth-order valence-corrected chi connectivity index (χ4v) is 1.40. The predicted molar refractivity (Wildman–Crippen MR) is 69.9 cm³/mol. The second kappa shape index (κ2) is 9.57. The van der Waals surface area contributed by atoms with Gasteiger partial charge in [0.25, 0.3) is 0 Å². The summed E-state index contributed by atoms with van der Waals surface area (Å²) in [5, 5.41) is 22.6. The number of aliphatic hydroxyl groups excluding tert-OH is 1. The monoisotopic (exact) mass is 276 g/mol. The molecule has 112 valence electrons. The Morgan fingerprint density at radius 2 is 1.89 bits per heavy atom. The number of ether oxygens (including phenoxy) is 1. The van der Waals surface area contributed by atoms with Crippen LogP contribution in [0, 0.1) is 5.92 Å². The van der Waals surface area contributed by atoms with Gasteiger partial charge in [-0.25, -0.2) is 9.59 Å². The molecule has 0 aromatic heterocycles. The molecule has 0 heterocycles. The molecule has 19 heavy (non-hydrogen) atoms. The summed E-state index contributed by atoms with van der Waals surface area (Å²) >= 11 is 0. The van der Waals surface area contributed by atoms with Gasteiger partial charge in [0.15, 0.2) is 0 Å². The highest BCUT2D eigenvalue weighted by molar-refractivity contribution is 5.82. The molecule has 0 saturated carbocycles. The first kappa shape index (κ1) is 17.7. The number of carbonyl (C=O) groups is 2. The van der Waals surface area contributed by atoms with E-state index in [4.69, 9.17) is 14.9 Å². The highest BCUT2D eigenvalue weighted by atomic mass is 16.5. The van der Waals surface area contributed by atoms with Crippen molar-refractivity contribution >= 4 is 12.0 Å². The van der Waals surface area contributed by atoms with Crippen LogP contribution < -0.4 is 10.6 Å². The second-order valence-electron chi connectivity index (χ2n) is 4.53. The highest BCUT2D eigenvalue weighted by Gasteiger charge is 2.22. The first-order valence-corrected chi connectivity index (χ1v) is 6.40. The molecule has 0 radical (unpaired) electrons. The summed E-state index contributed by atoms with van der Waals surface area (Å²) in [6.07, 6.45) is -0.0272. The van der Waals surface area contributed by atoms with E-state index in [-0.39, 0.29) is 25.0 Å². The van der Waals surface area contributed by atoms with Crippen LogP contribution in [0.25, 0.3) is 0 Å². The molecule has 7 heteroatoms. The van der Waals surface area contributed by atoms with E-state index in [9.17, 15) is 9.59 Å². The Morgan fingerprint density at radius 1 is 1.26 bits per heavy atom. The van der Waals surface area contributed by atoms with E-state index in [1.54, 1.807) is 0 Å². The number of carbonyl (C=O) groups excluding carboxylic acids is 1. The fourth-order valence-electron chi connectivity index (χ4n) is 1.40. The molecule has 0 rings (SSSR count). The lowest BCUT2D eigenvalue weighted by Gasteiger charge is -2.23. The average molecular weight is 276 g/mol. The zero-order valence-corrected chi connectivity index (χ0v) is 11.7. The van der Waals surface area contributed by atoms with E-state index < -0.39 is 18.0 Å². The maximum Gasteiger partial charge on any atom is 0.326 e. The minimum atomic E-state index is -1.17. The van der Waals surface area contributed by atoms with E-state index in [0.29, 0.717) is 13.2 Å². The van der Waals surface area contributed by atoms with Crippen LogP contribution >= 0.6 is 0 Å². The topological polar surface area (TPSA) is 108 Å². The minimum absolute atomic E-state index is 0.0272. The number of carboxylic acids is 1. The number of rotatable bonds is 9. The summed E-state index contributed by atoms with van der Waals surface area (Å²) in [4.78, 5) is 22.5. The number of urea groups is 1. The number of carboxylic acid groups (broad SMARTS) is 1. The van der Waals surface area contributed by atoms with Crippen LogP contribution in [0.3, 0.4) is 0 Å². The van der Waals surface area contributed by atoms with Crippen molar-refractivity contribution in [1.82, 2.24) is 10.6 Å².